The van der Waals surface area contributed by atoms with Gasteiger partial charge in [-0.15, -0.1) is 0 Å². The zero-order valence-electron chi connectivity index (χ0n) is 18.5. The van der Waals surface area contributed by atoms with Gasteiger partial charge in [-0.1, -0.05) is 49.6 Å². The van der Waals surface area contributed by atoms with Gasteiger partial charge in [-0.25, -0.2) is 0 Å². The fourth-order valence-electron chi connectivity index (χ4n) is 4.92. The van der Waals surface area contributed by atoms with E-state index in [1.807, 2.05) is 24.4 Å². The van der Waals surface area contributed by atoms with Crippen LogP contribution in [0, 0.1) is 0 Å². The van der Waals surface area contributed by atoms with E-state index in [9.17, 15) is 5.11 Å². The van der Waals surface area contributed by atoms with E-state index >= 15 is 0 Å². The molecule has 0 saturated heterocycles. The van der Waals surface area contributed by atoms with Crippen LogP contribution >= 0.6 is 31.9 Å². The van der Waals surface area contributed by atoms with Crippen LogP contribution in [0.25, 0.3) is 0 Å². The van der Waals surface area contributed by atoms with Crippen molar-refractivity contribution in [2.45, 2.75) is 56.7 Å². The number of benzene rings is 2. The van der Waals surface area contributed by atoms with Gasteiger partial charge >= 0.3 is 0 Å². The molecule has 1 saturated carbocycles. The first-order valence-electron chi connectivity index (χ1n) is 11.6. The molecule has 1 N–H and O–H groups in total. The van der Waals surface area contributed by atoms with E-state index in [0.29, 0.717) is 6.61 Å². The zero-order chi connectivity index (χ0) is 22.4. The average molecular weight is 564 g/mol. The van der Waals surface area contributed by atoms with Crippen LogP contribution in [0.4, 0.5) is 0 Å². The minimum absolute atomic E-state index is 0.0525. The van der Waals surface area contributed by atoms with Crippen LogP contribution in [0.3, 0.4) is 0 Å². The summed E-state index contributed by atoms with van der Waals surface area (Å²) in [6.45, 7) is 4.15. The predicted molar refractivity (Wildman–Crippen MR) is 138 cm³/mol. The SMILES string of the molecule is OC1(C(CN2CCC=NCC2)c2cc(Br)c(OCc3ccccc3)c(Br)c2)CCCCC1. The van der Waals surface area contributed by atoms with Crippen molar-refractivity contribution in [1.82, 2.24) is 4.90 Å². The summed E-state index contributed by atoms with van der Waals surface area (Å²) < 4.78 is 7.98. The molecule has 0 spiro atoms. The molecule has 1 fully saturated rings. The van der Waals surface area contributed by atoms with E-state index in [2.05, 4.69) is 66.0 Å². The van der Waals surface area contributed by atoms with E-state index < -0.39 is 5.60 Å². The van der Waals surface area contributed by atoms with Gasteiger partial charge in [-0.05, 0) is 74.4 Å². The molecule has 2 aromatic rings. The summed E-state index contributed by atoms with van der Waals surface area (Å²) in [6, 6.07) is 14.5. The number of ether oxygens (including phenoxy) is 1. The van der Waals surface area contributed by atoms with Crippen molar-refractivity contribution in [1.29, 1.82) is 0 Å². The molecular weight excluding hydrogens is 532 g/mol. The second kappa shape index (κ2) is 11.3. The van der Waals surface area contributed by atoms with Crippen LogP contribution < -0.4 is 4.74 Å². The zero-order valence-corrected chi connectivity index (χ0v) is 21.7. The minimum Gasteiger partial charge on any atom is -0.487 e. The van der Waals surface area contributed by atoms with Crippen LogP contribution in [0.2, 0.25) is 0 Å². The van der Waals surface area contributed by atoms with Gasteiger partial charge in [-0.2, -0.15) is 0 Å². The molecule has 0 amide bonds. The molecule has 0 aromatic heterocycles. The monoisotopic (exact) mass is 562 g/mol. The van der Waals surface area contributed by atoms with Crippen LogP contribution in [-0.4, -0.2) is 48.0 Å². The lowest BCUT2D eigenvalue weighted by Gasteiger charge is -2.42. The number of aliphatic imine (C=N–C) groups is 1. The fraction of sp³-hybridized carbons (Fsp3) is 0.500. The summed E-state index contributed by atoms with van der Waals surface area (Å²) in [4.78, 5) is 6.92. The summed E-state index contributed by atoms with van der Waals surface area (Å²) in [5, 5.41) is 11.8. The van der Waals surface area contributed by atoms with Crippen LogP contribution in [0.15, 0.2) is 56.4 Å². The Balaban J connectivity index is 1.58. The van der Waals surface area contributed by atoms with Crippen molar-refractivity contribution in [3.63, 3.8) is 0 Å². The Morgan fingerprint density at radius 1 is 1.03 bits per heavy atom. The number of aliphatic hydroxyl groups is 1. The summed E-state index contributed by atoms with van der Waals surface area (Å²) in [7, 11) is 0. The first-order valence-corrected chi connectivity index (χ1v) is 13.2. The summed E-state index contributed by atoms with van der Waals surface area (Å²) >= 11 is 7.50. The molecule has 1 aliphatic heterocycles. The summed E-state index contributed by atoms with van der Waals surface area (Å²) in [5.41, 5.74) is 1.62. The normalized spacial score (nSPS) is 20.0. The molecule has 1 atom stereocenters. The van der Waals surface area contributed by atoms with Gasteiger partial charge < -0.3 is 14.7 Å². The summed E-state index contributed by atoms with van der Waals surface area (Å²) in [5.74, 6) is 0.854. The van der Waals surface area contributed by atoms with Gasteiger partial charge in [0.15, 0.2) is 0 Å². The van der Waals surface area contributed by atoms with Crippen molar-refractivity contribution < 1.29 is 9.84 Å². The van der Waals surface area contributed by atoms with E-state index in [1.54, 1.807) is 0 Å². The standard InChI is InChI=1S/C26H32Br2N2O2/c27-23-16-21(17-24(28)25(23)32-19-20-8-3-1-4-9-20)22(26(31)10-5-2-6-11-26)18-30-14-7-12-29-13-15-30/h1,3-4,8-9,12,16-17,22,31H,2,5-7,10-11,13-15,18-19H2. The van der Waals surface area contributed by atoms with E-state index in [0.717, 1.165) is 84.1 Å². The van der Waals surface area contributed by atoms with Crippen molar-refractivity contribution in [3.8, 4) is 5.75 Å². The van der Waals surface area contributed by atoms with Crippen molar-refractivity contribution in [3.05, 3.63) is 62.5 Å². The predicted octanol–water partition coefficient (Wildman–Crippen LogP) is 6.35. The Labute approximate surface area is 208 Å². The molecule has 172 valence electrons. The molecule has 4 nitrogen and oxygen atoms in total. The molecule has 0 bridgehead atoms. The van der Waals surface area contributed by atoms with Crippen LogP contribution in [0.1, 0.15) is 55.6 Å². The van der Waals surface area contributed by atoms with E-state index in [-0.39, 0.29) is 5.92 Å². The average Bonchev–Trinajstić information content (AvgIpc) is 3.07. The highest BCUT2D eigenvalue weighted by Crippen LogP contribution is 2.44. The maximum absolute atomic E-state index is 11.8. The maximum Gasteiger partial charge on any atom is 0.148 e. The molecule has 2 aliphatic rings. The Morgan fingerprint density at radius 2 is 1.75 bits per heavy atom. The number of nitrogens with zero attached hydrogens (tertiary/aromatic N) is 2. The number of rotatable bonds is 7. The number of hydrogen-bond acceptors (Lipinski definition) is 4. The molecule has 1 heterocycles. The van der Waals surface area contributed by atoms with Gasteiger partial charge in [0.25, 0.3) is 0 Å². The largest absolute Gasteiger partial charge is 0.487 e. The van der Waals surface area contributed by atoms with Gasteiger partial charge in [-0.3, -0.25) is 4.99 Å². The quantitative estimate of drug-likeness (QED) is 0.427. The smallest absolute Gasteiger partial charge is 0.148 e. The van der Waals surface area contributed by atoms with E-state index in [4.69, 9.17) is 4.74 Å². The van der Waals surface area contributed by atoms with Gasteiger partial charge in [0.1, 0.15) is 12.4 Å². The van der Waals surface area contributed by atoms with Crippen molar-refractivity contribution in [2.24, 2.45) is 4.99 Å². The van der Waals surface area contributed by atoms with Crippen molar-refractivity contribution in [2.75, 3.05) is 26.2 Å². The third-order valence-corrected chi connectivity index (χ3v) is 7.88. The number of halogens is 2. The molecule has 1 aliphatic carbocycles. The fourth-order valence-corrected chi connectivity index (χ4v) is 6.37. The molecule has 2 aromatic carbocycles. The van der Waals surface area contributed by atoms with Crippen molar-refractivity contribution >= 4 is 38.1 Å². The molecule has 4 rings (SSSR count). The Morgan fingerprint density at radius 3 is 2.47 bits per heavy atom. The van der Waals surface area contributed by atoms with Gasteiger partial charge in [0.05, 0.1) is 21.1 Å². The highest BCUT2D eigenvalue weighted by Gasteiger charge is 2.40. The molecule has 32 heavy (non-hydrogen) atoms. The molecule has 6 heteroatoms. The lowest BCUT2D eigenvalue weighted by atomic mass is 9.72. The highest BCUT2D eigenvalue weighted by molar-refractivity contribution is 9.11. The Kier molecular flexibility index (Phi) is 8.43. The number of hydrogen-bond donors (Lipinski definition) is 1. The maximum atomic E-state index is 11.8. The lowest BCUT2D eigenvalue weighted by molar-refractivity contribution is -0.0305. The third-order valence-electron chi connectivity index (χ3n) is 6.71. The minimum atomic E-state index is -0.670. The van der Waals surface area contributed by atoms with Gasteiger partial charge in [0.2, 0.25) is 0 Å². The van der Waals surface area contributed by atoms with E-state index in [1.165, 1.54) is 6.42 Å². The van der Waals surface area contributed by atoms with Crippen LogP contribution in [0.5, 0.6) is 5.75 Å². The second-order valence-corrected chi connectivity index (χ2v) is 10.7. The summed E-state index contributed by atoms with van der Waals surface area (Å²) in [6.07, 6.45) is 8.15. The molecule has 0 radical (unpaired) electrons. The molecule has 1 unspecified atom stereocenters. The molecular formula is C26H32Br2N2O2. The van der Waals surface area contributed by atoms with Crippen LogP contribution in [-0.2, 0) is 6.61 Å². The topological polar surface area (TPSA) is 45.1 Å². The first-order chi connectivity index (χ1) is 15.5. The highest BCUT2D eigenvalue weighted by atomic mass is 79.9. The Bertz CT molecular complexity index is 880. The van der Waals surface area contributed by atoms with Gasteiger partial charge in [0, 0.05) is 31.8 Å². The second-order valence-electron chi connectivity index (χ2n) is 8.98. The lowest BCUT2D eigenvalue weighted by Crippen LogP contribution is -2.45. The Hall–Kier alpha value is -1.21. The third kappa shape index (κ3) is 6.02. The first kappa shape index (κ1) is 23.9.